The number of carbonyl (C=O) groups is 1. The highest BCUT2D eigenvalue weighted by atomic mass is 79.9. The smallest absolute Gasteiger partial charge is 0.255 e. The molecule has 3 nitrogen and oxygen atoms in total. The van der Waals surface area contributed by atoms with Gasteiger partial charge in [0.25, 0.3) is 5.91 Å². The monoisotopic (exact) mass is 419 g/mol. The molecule has 0 atom stereocenters. The summed E-state index contributed by atoms with van der Waals surface area (Å²) in [4.78, 5) is 12.0. The van der Waals surface area contributed by atoms with Crippen LogP contribution in [0, 0.1) is 11.6 Å². The Morgan fingerprint density at radius 3 is 2.29 bits per heavy atom. The molecule has 2 aromatic rings. The maximum Gasteiger partial charge on any atom is 0.255 e. The molecule has 0 aliphatic heterocycles. The molecule has 2 rings (SSSR count). The second-order valence-corrected chi connectivity index (χ2v) is 5.82. The molecule has 21 heavy (non-hydrogen) atoms. The minimum atomic E-state index is -0.859. The van der Waals surface area contributed by atoms with Crippen molar-refractivity contribution in [2.24, 2.45) is 0 Å². The van der Waals surface area contributed by atoms with E-state index in [1.54, 1.807) is 6.07 Å². The van der Waals surface area contributed by atoms with E-state index in [4.69, 9.17) is 4.74 Å². The number of ether oxygens (including phenoxy) is 1. The molecule has 1 amide bonds. The number of hydrogen-bond donors (Lipinski definition) is 1. The minimum absolute atomic E-state index is 0.240. The van der Waals surface area contributed by atoms with Gasteiger partial charge in [0.1, 0.15) is 11.4 Å². The highest BCUT2D eigenvalue weighted by Crippen LogP contribution is 2.27. The molecular weight excluding hydrogens is 412 g/mol. The molecule has 0 heterocycles. The van der Waals surface area contributed by atoms with E-state index in [1.165, 1.54) is 19.2 Å². The summed E-state index contributed by atoms with van der Waals surface area (Å²) in [5.74, 6) is -1.79. The summed E-state index contributed by atoms with van der Waals surface area (Å²) in [7, 11) is 1.49. The van der Waals surface area contributed by atoms with Gasteiger partial charge in [0.05, 0.1) is 11.6 Å². The Morgan fingerprint density at radius 2 is 1.76 bits per heavy atom. The molecule has 0 fully saturated rings. The third-order valence-corrected chi connectivity index (χ3v) is 3.74. The van der Waals surface area contributed by atoms with E-state index < -0.39 is 23.2 Å². The number of carbonyl (C=O) groups excluding carboxylic acids is 1. The molecule has 0 aliphatic rings. The van der Waals surface area contributed by atoms with Crippen LogP contribution in [0.5, 0.6) is 5.75 Å². The van der Waals surface area contributed by atoms with E-state index in [1.807, 2.05) is 0 Å². The fraction of sp³-hybridized carbons (Fsp3) is 0.0714. The van der Waals surface area contributed by atoms with E-state index in [0.29, 0.717) is 10.2 Å². The van der Waals surface area contributed by atoms with Crippen molar-refractivity contribution < 1.29 is 18.3 Å². The number of anilines is 1. The highest BCUT2D eigenvalue weighted by molar-refractivity contribution is 9.10. The van der Waals surface area contributed by atoms with Crippen molar-refractivity contribution in [3.8, 4) is 5.75 Å². The zero-order chi connectivity index (χ0) is 15.6. The summed E-state index contributed by atoms with van der Waals surface area (Å²) in [6.07, 6.45) is 0. The predicted molar refractivity (Wildman–Crippen MR) is 82.7 cm³/mol. The van der Waals surface area contributed by atoms with Crippen molar-refractivity contribution in [1.29, 1.82) is 0 Å². The average molecular weight is 421 g/mol. The number of halogens is 4. The Hall–Kier alpha value is -1.47. The Balaban J connectivity index is 2.28. The van der Waals surface area contributed by atoms with Crippen molar-refractivity contribution in [2.45, 2.75) is 0 Å². The zero-order valence-electron chi connectivity index (χ0n) is 10.7. The third kappa shape index (κ3) is 3.59. The lowest BCUT2D eigenvalue weighted by Crippen LogP contribution is -2.14. The number of amides is 1. The molecule has 0 saturated heterocycles. The first-order valence-electron chi connectivity index (χ1n) is 5.72. The fourth-order valence-electron chi connectivity index (χ4n) is 1.65. The van der Waals surface area contributed by atoms with E-state index in [-0.39, 0.29) is 10.0 Å². The molecule has 110 valence electrons. The Morgan fingerprint density at radius 1 is 1.14 bits per heavy atom. The molecule has 2 aromatic carbocycles. The highest BCUT2D eigenvalue weighted by Gasteiger charge is 2.15. The first kappa shape index (κ1) is 15.9. The van der Waals surface area contributed by atoms with Gasteiger partial charge in [-0.2, -0.15) is 0 Å². The summed E-state index contributed by atoms with van der Waals surface area (Å²) < 4.78 is 33.2. The van der Waals surface area contributed by atoms with E-state index in [0.717, 1.165) is 12.1 Å². The first-order valence-corrected chi connectivity index (χ1v) is 7.30. The maximum atomic E-state index is 13.7. The Kier molecular flexibility index (Phi) is 4.95. The van der Waals surface area contributed by atoms with Crippen molar-refractivity contribution in [1.82, 2.24) is 0 Å². The van der Waals surface area contributed by atoms with Crippen LogP contribution in [-0.4, -0.2) is 13.0 Å². The molecule has 0 radical (unpaired) electrons. The standard InChI is InChI=1S/C14H9Br2F2NO2/c1-21-12-3-2-7(4-9(12)16)14(20)19-13-10(17)5-8(15)6-11(13)18/h2-6H,1H3,(H,19,20). The minimum Gasteiger partial charge on any atom is -0.496 e. The van der Waals surface area contributed by atoms with Gasteiger partial charge < -0.3 is 10.1 Å². The number of benzene rings is 2. The Labute approximate surface area is 136 Å². The molecule has 7 heteroatoms. The van der Waals surface area contributed by atoms with Gasteiger partial charge >= 0.3 is 0 Å². The van der Waals surface area contributed by atoms with Crippen LogP contribution in [0.4, 0.5) is 14.5 Å². The fourth-order valence-corrected chi connectivity index (χ4v) is 2.60. The second kappa shape index (κ2) is 6.53. The van der Waals surface area contributed by atoms with Gasteiger partial charge in [0.15, 0.2) is 11.6 Å². The number of nitrogens with one attached hydrogen (secondary N) is 1. The number of rotatable bonds is 3. The zero-order valence-corrected chi connectivity index (χ0v) is 13.9. The third-order valence-electron chi connectivity index (χ3n) is 2.66. The molecule has 0 bridgehead atoms. The van der Waals surface area contributed by atoms with Crippen LogP contribution in [0.25, 0.3) is 0 Å². The van der Waals surface area contributed by atoms with Gasteiger partial charge in [-0.15, -0.1) is 0 Å². The van der Waals surface area contributed by atoms with Crippen LogP contribution in [0.1, 0.15) is 10.4 Å². The van der Waals surface area contributed by atoms with Crippen LogP contribution in [0.2, 0.25) is 0 Å². The molecule has 0 unspecified atom stereocenters. The lowest BCUT2D eigenvalue weighted by Gasteiger charge is -2.09. The largest absolute Gasteiger partial charge is 0.496 e. The van der Waals surface area contributed by atoms with Crippen LogP contribution in [0.3, 0.4) is 0 Å². The van der Waals surface area contributed by atoms with Crippen LogP contribution in [-0.2, 0) is 0 Å². The predicted octanol–water partition coefficient (Wildman–Crippen LogP) is 4.75. The van der Waals surface area contributed by atoms with Crippen LogP contribution >= 0.6 is 31.9 Å². The summed E-state index contributed by atoms with van der Waals surface area (Å²) in [5, 5.41) is 2.22. The summed E-state index contributed by atoms with van der Waals surface area (Å²) >= 11 is 6.21. The first-order chi connectivity index (χ1) is 9.92. The Bertz CT molecular complexity index is 684. The van der Waals surface area contributed by atoms with Gasteiger partial charge in [-0.3, -0.25) is 4.79 Å². The summed E-state index contributed by atoms with van der Waals surface area (Å²) in [6.45, 7) is 0. The molecule has 0 aromatic heterocycles. The van der Waals surface area contributed by atoms with Crippen LogP contribution < -0.4 is 10.1 Å². The van der Waals surface area contributed by atoms with E-state index >= 15 is 0 Å². The van der Waals surface area contributed by atoms with Crippen molar-refractivity contribution in [3.63, 3.8) is 0 Å². The van der Waals surface area contributed by atoms with E-state index in [9.17, 15) is 13.6 Å². The molecule has 0 saturated carbocycles. The van der Waals surface area contributed by atoms with Crippen molar-refractivity contribution >= 4 is 43.5 Å². The van der Waals surface area contributed by atoms with Gasteiger partial charge in [0.2, 0.25) is 0 Å². The number of methoxy groups -OCH3 is 1. The van der Waals surface area contributed by atoms with Crippen molar-refractivity contribution in [3.05, 3.63) is 56.5 Å². The van der Waals surface area contributed by atoms with Crippen molar-refractivity contribution in [2.75, 3.05) is 12.4 Å². The average Bonchev–Trinajstić information content (AvgIpc) is 2.42. The molecule has 0 aliphatic carbocycles. The van der Waals surface area contributed by atoms with Crippen LogP contribution in [0.15, 0.2) is 39.3 Å². The topological polar surface area (TPSA) is 38.3 Å². The normalized spacial score (nSPS) is 10.3. The summed E-state index contributed by atoms with van der Waals surface area (Å²) in [6, 6.07) is 6.72. The quantitative estimate of drug-likeness (QED) is 0.777. The van der Waals surface area contributed by atoms with Gasteiger partial charge in [-0.1, -0.05) is 15.9 Å². The molecule has 1 N–H and O–H groups in total. The lowest BCUT2D eigenvalue weighted by atomic mass is 10.2. The van der Waals surface area contributed by atoms with Gasteiger partial charge in [-0.05, 0) is 46.3 Å². The second-order valence-electron chi connectivity index (χ2n) is 4.05. The maximum absolute atomic E-state index is 13.7. The SMILES string of the molecule is COc1ccc(C(=O)Nc2c(F)cc(Br)cc2F)cc1Br. The lowest BCUT2D eigenvalue weighted by molar-refractivity contribution is 0.102. The number of hydrogen-bond acceptors (Lipinski definition) is 2. The van der Waals surface area contributed by atoms with Gasteiger partial charge in [-0.25, -0.2) is 8.78 Å². The molecular formula is C14H9Br2F2NO2. The van der Waals surface area contributed by atoms with E-state index in [2.05, 4.69) is 37.2 Å². The molecule has 0 spiro atoms. The van der Waals surface area contributed by atoms with Gasteiger partial charge in [0, 0.05) is 10.0 Å². The summed E-state index contributed by atoms with van der Waals surface area (Å²) in [5.41, 5.74) is -0.250.